The molecule has 0 aliphatic heterocycles. The molecule has 1 fully saturated rings. The fourth-order valence-electron chi connectivity index (χ4n) is 3.65. The van der Waals surface area contributed by atoms with Crippen LogP contribution < -0.4 is 0 Å². The van der Waals surface area contributed by atoms with Crippen LogP contribution in [-0.4, -0.2) is 10.2 Å². The van der Waals surface area contributed by atoms with E-state index in [0.717, 1.165) is 18.0 Å². The largest absolute Gasteiger partial charge is 0.282 e. The number of aromatic nitrogens is 2. The Kier molecular flexibility index (Phi) is 4.29. The van der Waals surface area contributed by atoms with Gasteiger partial charge in [-0.1, -0.05) is 49.6 Å². The van der Waals surface area contributed by atoms with Gasteiger partial charge >= 0.3 is 0 Å². The van der Waals surface area contributed by atoms with Crippen LogP contribution in [0.5, 0.6) is 0 Å². The highest BCUT2D eigenvalue weighted by Crippen LogP contribution is 2.39. The van der Waals surface area contributed by atoms with Crippen molar-refractivity contribution >= 4 is 11.3 Å². The highest BCUT2D eigenvalue weighted by Gasteiger charge is 2.21. The number of H-pyrrole nitrogens is 1. The summed E-state index contributed by atoms with van der Waals surface area (Å²) in [6.07, 6.45) is 7.74. The number of rotatable bonds is 4. The lowest BCUT2D eigenvalue weighted by Crippen LogP contribution is -2.04. The summed E-state index contributed by atoms with van der Waals surface area (Å²) < 4.78 is 0. The molecule has 2 heterocycles. The van der Waals surface area contributed by atoms with E-state index in [1.54, 1.807) is 0 Å². The van der Waals surface area contributed by atoms with Gasteiger partial charge in [-0.3, -0.25) is 5.10 Å². The van der Waals surface area contributed by atoms with Crippen LogP contribution in [0.25, 0.3) is 11.3 Å². The van der Waals surface area contributed by atoms with Gasteiger partial charge < -0.3 is 0 Å². The molecule has 0 spiro atoms. The number of nitrogens with zero attached hydrogens (tertiary/aromatic N) is 1. The van der Waals surface area contributed by atoms with E-state index in [-0.39, 0.29) is 0 Å². The lowest BCUT2D eigenvalue weighted by molar-refractivity contribution is 0.445. The van der Waals surface area contributed by atoms with E-state index < -0.39 is 0 Å². The van der Waals surface area contributed by atoms with Gasteiger partial charge in [0.1, 0.15) is 0 Å². The number of benzene rings is 1. The van der Waals surface area contributed by atoms with Crippen molar-refractivity contribution in [1.29, 1.82) is 0 Å². The van der Waals surface area contributed by atoms with Crippen molar-refractivity contribution in [2.45, 2.75) is 44.4 Å². The van der Waals surface area contributed by atoms with Gasteiger partial charge in [-0.05, 0) is 41.3 Å². The molecule has 1 aliphatic rings. The van der Waals surface area contributed by atoms with Crippen molar-refractivity contribution in [1.82, 2.24) is 10.2 Å². The standard InChI is InChI=1S/C20H22N2S/c1-3-7-15(8-4-1)11-17-12-20(22-21-17)19-14-23-13-18(19)16-9-5-2-6-10-16/h1,3-4,7-8,12-14,16H,2,5-6,9-11H2,(H,21,22). The molecule has 3 aromatic rings. The fourth-order valence-corrected chi connectivity index (χ4v) is 4.58. The van der Waals surface area contributed by atoms with E-state index in [9.17, 15) is 0 Å². The second kappa shape index (κ2) is 6.71. The predicted molar refractivity (Wildman–Crippen MR) is 97.0 cm³/mol. The maximum absolute atomic E-state index is 4.59. The lowest BCUT2D eigenvalue weighted by Gasteiger charge is -2.21. The Morgan fingerprint density at radius 3 is 2.70 bits per heavy atom. The predicted octanol–water partition coefficient (Wildman–Crippen LogP) is 5.78. The quantitative estimate of drug-likeness (QED) is 0.648. The van der Waals surface area contributed by atoms with E-state index in [4.69, 9.17) is 0 Å². The zero-order chi connectivity index (χ0) is 15.5. The minimum Gasteiger partial charge on any atom is -0.282 e. The number of aromatic amines is 1. The van der Waals surface area contributed by atoms with Gasteiger partial charge in [0.05, 0.1) is 5.69 Å². The van der Waals surface area contributed by atoms with Crippen LogP contribution in [0.1, 0.15) is 54.8 Å². The van der Waals surface area contributed by atoms with Crippen molar-refractivity contribution < 1.29 is 0 Å². The van der Waals surface area contributed by atoms with E-state index in [2.05, 4.69) is 57.4 Å². The Morgan fingerprint density at radius 1 is 1.04 bits per heavy atom. The molecule has 0 bridgehead atoms. The van der Waals surface area contributed by atoms with Crippen LogP contribution >= 0.6 is 11.3 Å². The van der Waals surface area contributed by atoms with Gasteiger partial charge in [0.25, 0.3) is 0 Å². The van der Waals surface area contributed by atoms with Crippen LogP contribution in [-0.2, 0) is 6.42 Å². The summed E-state index contributed by atoms with van der Waals surface area (Å²) in [5.74, 6) is 0.735. The molecule has 0 saturated heterocycles. The minimum absolute atomic E-state index is 0.735. The van der Waals surface area contributed by atoms with Crippen LogP contribution in [0.4, 0.5) is 0 Å². The van der Waals surface area contributed by atoms with Crippen molar-refractivity contribution in [2.75, 3.05) is 0 Å². The summed E-state index contributed by atoms with van der Waals surface area (Å²) in [5.41, 5.74) is 6.48. The second-order valence-electron chi connectivity index (χ2n) is 6.52. The highest BCUT2D eigenvalue weighted by atomic mass is 32.1. The van der Waals surface area contributed by atoms with Crippen LogP contribution in [0.3, 0.4) is 0 Å². The number of hydrogen-bond donors (Lipinski definition) is 1. The zero-order valence-electron chi connectivity index (χ0n) is 13.3. The maximum Gasteiger partial charge on any atom is 0.0934 e. The summed E-state index contributed by atoms with van der Waals surface area (Å²) in [5, 5.41) is 12.4. The summed E-state index contributed by atoms with van der Waals surface area (Å²) >= 11 is 1.81. The first-order chi connectivity index (χ1) is 11.4. The van der Waals surface area contributed by atoms with Gasteiger partial charge in [0, 0.05) is 23.1 Å². The topological polar surface area (TPSA) is 28.7 Å². The molecule has 3 heteroatoms. The number of thiophene rings is 1. The first-order valence-electron chi connectivity index (χ1n) is 8.55. The van der Waals surface area contributed by atoms with Gasteiger partial charge in [-0.25, -0.2) is 0 Å². The average Bonchev–Trinajstić information content (AvgIpc) is 3.25. The molecule has 0 unspecified atom stereocenters. The Labute approximate surface area is 141 Å². The first-order valence-corrected chi connectivity index (χ1v) is 9.49. The Morgan fingerprint density at radius 2 is 1.87 bits per heavy atom. The highest BCUT2D eigenvalue weighted by molar-refractivity contribution is 7.08. The third-order valence-corrected chi connectivity index (χ3v) is 5.64. The average molecular weight is 322 g/mol. The molecule has 1 aliphatic carbocycles. The summed E-state index contributed by atoms with van der Waals surface area (Å²) in [6, 6.07) is 12.8. The Balaban J connectivity index is 1.56. The summed E-state index contributed by atoms with van der Waals surface area (Å²) in [6.45, 7) is 0. The van der Waals surface area contributed by atoms with Gasteiger partial charge in [-0.15, -0.1) is 0 Å². The molecule has 4 rings (SSSR count). The van der Waals surface area contributed by atoms with Gasteiger partial charge in [0.2, 0.25) is 0 Å². The third-order valence-electron chi connectivity index (χ3n) is 4.88. The maximum atomic E-state index is 4.59. The van der Waals surface area contributed by atoms with Crippen LogP contribution in [0.15, 0.2) is 47.2 Å². The smallest absolute Gasteiger partial charge is 0.0934 e. The van der Waals surface area contributed by atoms with Crippen molar-refractivity contribution in [3.63, 3.8) is 0 Å². The van der Waals surface area contributed by atoms with Gasteiger partial charge in [-0.2, -0.15) is 16.4 Å². The minimum atomic E-state index is 0.735. The second-order valence-corrected chi connectivity index (χ2v) is 7.26. The van der Waals surface area contributed by atoms with Crippen molar-refractivity contribution in [3.05, 3.63) is 64.0 Å². The molecule has 0 radical (unpaired) electrons. The molecule has 1 aromatic carbocycles. The molecule has 2 aromatic heterocycles. The molecule has 1 saturated carbocycles. The fraction of sp³-hybridized carbons (Fsp3) is 0.350. The Hall–Kier alpha value is -1.87. The molecule has 118 valence electrons. The summed E-state index contributed by atoms with van der Waals surface area (Å²) in [4.78, 5) is 0. The third kappa shape index (κ3) is 3.25. The first kappa shape index (κ1) is 14.7. The van der Waals surface area contributed by atoms with E-state index in [1.807, 2.05) is 11.3 Å². The summed E-state index contributed by atoms with van der Waals surface area (Å²) in [7, 11) is 0. The number of nitrogens with one attached hydrogen (secondary N) is 1. The molecule has 2 nitrogen and oxygen atoms in total. The molecule has 1 N–H and O–H groups in total. The van der Waals surface area contributed by atoms with E-state index in [0.29, 0.717) is 0 Å². The van der Waals surface area contributed by atoms with E-state index >= 15 is 0 Å². The van der Waals surface area contributed by atoms with Crippen LogP contribution in [0, 0.1) is 0 Å². The molecule has 23 heavy (non-hydrogen) atoms. The van der Waals surface area contributed by atoms with E-state index in [1.165, 1.54) is 54.5 Å². The molecular formula is C20H22N2S. The number of hydrogen-bond acceptors (Lipinski definition) is 2. The van der Waals surface area contributed by atoms with Crippen LogP contribution in [0.2, 0.25) is 0 Å². The van der Waals surface area contributed by atoms with Gasteiger partial charge in [0.15, 0.2) is 0 Å². The van der Waals surface area contributed by atoms with Crippen molar-refractivity contribution in [2.24, 2.45) is 0 Å². The molecular weight excluding hydrogens is 300 g/mol. The normalized spacial score (nSPS) is 15.8. The SMILES string of the molecule is c1ccc(Cc2cc(-c3cscc3C3CCCCC3)n[nH]2)cc1. The zero-order valence-corrected chi connectivity index (χ0v) is 14.1. The molecule has 0 atom stereocenters. The Bertz CT molecular complexity index is 751. The monoisotopic (exact) mass is 322 g/mol. The lowest BCUT2D eigenvalue weighted by atomic mass is 9.83. The van der Waals surface area contributed by atoms with Crippen molar-refractivity contribution in [3.8, 4) is 11.3 Å². The molecule has 0 amide bonds.